The molecule has 8 nitrogen and oxygen atoms in total. The number of benzene rings is 2. The maximum absolute atomic E-state index is 13.9. The van der Waals surface area contributed by atoms with Crippen LogP contribution in [0.2, 0.25) is 0 Å². The zero-order chi connectivity index (χ0) is 23.6. The van der Waals surface area contributed by atoms with Gasteiger partial charge in [-0.15, -0.1) is 0 Å². The van der Waals surface area contributed by atoms with E-state index in [1.165, 1.54) is 12.1 Å². The van der Waals surface area contributed by atoms with Crippen LogP contribution in [0.5, 0.6) is 0 Å². The molecule has 11 heteroatoms. The molecule has 0 saturated heterocycles. The Labute approximate surface area is 183 Å². The lowest BCUT2D eigenvalue weighted by atomic mass is 10.1. The molecule has 0 saturated carbocycles. The number of nitrogens with zero attached hydrogens (tertiary/aromatic N) is 2. The number of carboxylic acids is 1. The van der Waals surface area contributed by atoms with E-state index in [1.54, 1.807) is 18.9 Å². The summed E-state index contributed by atoms with van der Waals surface area (Å²) in [5, 5.41) is 13.5. The van der Waals surface area contributed by atoms with Gasteiger partial charge >= 0.3 is 5.97 Å². The number of aromatic carboxylic acids is 1. The van der Waals surface area contributed by atoms with E-state index in [2.05, 4.69) is 9.88 Å². The van der Waals surface area contributed by atoms with E-state index in [-0.39, 0.29) is 11.3 Å². The number of carbonyl (C=O) groups is 1. The van der Waals surface area contributed by atoms with Gasteiger partial charge in [-0.05, 0) is 56.7 Å². The summed E-state index contributed by atoms with van der Waals surface area (Å²) in [5.41, 5.74) is 1.77. The van der Waals surface area contributed by atoms with Crippen LogP contribution in [-0.4, -0.2) is 38.2 Å². The molecule has 0 bridgehead atoms. The third kappa shape index (κ3) is 4.88. The van der Waals surface area contributed by atoms with Gasteiger partial charge in [-0.1, -0.05) is 5.16 Å². The fourth-order valence-corrected chi connectivity index (χ4v) is 4.40. The van der Waals surface area contributed by atoms with Crippen LogP contribution < -0.4 is 9.62 Å². The van der Waals surface area contributed by atoms with Crippen molar-refractivity contribution < 1.29 is 31.6 Å². The molecule has 0 unspecified atom stereocenters. The molecule has 0 aliphatic rings. The average Bonchev–Trinajstić information content (AvgIpc) is 3.05. The van der Waals surface area contributed by atoms with Gasteiger partial charge in [-0.2, -0.15) is 0 Å². The number of hydrogen-bond acceptors (Lipinski definition) is 6. The summed E-state index contributed by atoms with van der Waals surface area (Å²) in [6.07, 6.45) is 0.559. The van der Waals surface area contributed by atoms with E-state index in [0.29, 0.717) is 36.5 Å². The summed E-state index contributed by atoms with van der Waals surface area (Å²) in [4.78, 5) is 12.6. The lowest BCUT2D eigenvalue weighted by molar-refractivity contribution is 0.0697. The molecule has 0 aliphatic carbocycles. The minimum atomic E-state index is -4.48. The summed E-state index contributed by atoms with van der Waals surface area (Å²) in [6, 6.07) is 5.96. The van der Waals surface area contributed by atoms with E-state index in [0.717, 1.165) is 23.4 Å². The predicted molar refractivity (Wildman–Crippen MR) is 114 cm³/mol. The topological polar surface area (TPSA) is 113 Å². The Morgan fingerprint density at radius 1 is 1.19 bits per heavy atom. The van der Waals surface area contributed by atoms with Crippen molar-refractivity contribution in [3.63, 3.8) is 0 Å². The Morgan fingerprint density at radius 3 is 2.53 bits per heavy atom. The van der Waals surface area contributed by atoms with Crippen LogP contribution in [0.4, 0.5) is 20.2 Å². The number of sulfonamides is 1. The second kappa shape index (κ2) is 8.95. The van der Waals surface area contributed by atoms with Crippen LogP contribution in [0.1, 0.15) is 27.4 Å². The third-order valence-electron chi connectivity index (χ3n) is 4.95. The number of likely N-dealkylation sites (N-methyl/N-ethyl adjacent to an activating group) is 1. The summed E-state index contributed by atoms with van der Waals surface area (Å²) < 4.78 is 59.5. The molecule has 0 radical (unpaired) electrons. The third-order valence-corrected chi connectivity index (χ3v) is 6.35. The van der Waals surface area contributed by atoms with E-state index in [1.807, 2.05) is 6.92 Å². The zero-order valence-electron chi connectivity index (χ0n) is 17.5. The number of aryl methyl sites for hydroxylation is 2. The fraction of sp³-hybridized carbons (Fsp3) is 0.238. The molecule has 32 heavy (non-hydrogen) atoms. The van der Waals surface area contributed by atoms with Crippen molar-refractivity contribution >= 4 is 27.4 Å². The molecule has 3 aromatic rings. The number of carboxylic acid groups (broad SMARTS) is 1. The summed E-state index contributed by atoms with van der Waals surface area (Å²) in [7, 11) is -2.78. The lowest BCUT2D eigenvalue weighted by Crippen LogP contribution is -2.23. The first-order valence-electron chi connectivity index (χ1n) is 9.47. The highest BCUT2D eigenvalue weighted by Crippen LogP contribution is 2.27. The average molecular weight is 465 g/mol. The molecule has 170 valence electrons. The first-order chi connectivity index (χ1) is 15.0. The Kier molecular flexibility index (Phi) is 6.49. The quantitative estimate of drug-likeness (QED) is 0.521. The van der Waals surface area contributed by atoms with Crippen molar-refractivity contribution in [2.45, 2.75) is 25.2 Å². The standard InChI is InChI=1S/C21H21F2N3O5S/c1-12-16(13(2)31-24-12)8-9-26(3)19-7-5-15(11-17(19)21(27)28)25-32(29,30)20-10-14(22)4-6-18(20)23/h4-7,10-11,25H,8-9H2,1-3H3,(H,27,28). The molecular formula is C21H21F2N3O5S. The van der Waals surface area contributed by atoms with Gasteiger partial charge in [0.2, 0.25) is 0 Å². The highest BCUT2D eigenvalue weighted by atomic mass is 32.2. The van der Waals surface area contributed by atoms with Gasteiger partial charge in [0.05, 0.1) is 16.9 Å². The number of rotatable bonds is 8. The van der Waals surface area contributed by atoms with E-state index >= 15 is 0 Å². The maximum atomic E-state index is 13.9. The molecule has 2 N–H and O–H groups in total. The molecular weight excluding hydrogens is 444 g/mol. The largest absolute Gasteiger partial charge is 0.478 e. The van der Waals surface area contributed by atoms with Crippen LogP contribution in [0.25, 0.3) is 0 Å². The Bertz CT molecular complexity index is 1250. The van der Waals surface area contributed by atoms with Crippen molar-refractivity contribution in [1.29, 1.82) is 0 Å². The van der Waals surface area contributed by atoms with Crippen molar-refractivity contribution in [3.8, 4) is 0 Å². The molecule has 1 heterocycles. The van der Waals surface area contributed by atoms with E-state index in [9.17, 15) is 27.1 Å². The van der Waals surface area contributed by atoms with Gasteiger partial charge < -0.3 is 14.5 Å². The molecule has 0 atom stereocenters. The first-order valence-corrected chi connectivity index (χ1v) is 11.0. The number of aromatic nitrogens is 1. The molecule has 2 aromatic carbocycles. The van der Waals surface area contributed by atoms with Gasteiger partial charge in [-0.25, -0.2) is 22.0 Å². The lowest BCUT2D eigenvalue weighted by Gasteiger charge is -2.22. The van der Waals surface area contributed by atoms with Gasteiger partial charge in [-0.3, -0.25) is 4.72 Å². The van der Waals surface area contributed by atoms with Crippen LogP contribution in [0.3, 0.4) is 0 Å². The SMILES string of the molecule is Cc1noc(C)c1CCN(C)c1ccc(NS(=O)(=O)c2cc(F)ccc2F)cc1C(=O)O. The number of nitrogens with one attached hydrogen (secondary N) is 1. The van der Waals surface area contributed by atoms with Gasteiger partial charge in [0.25, 0.3) is 10.0 Å². The summed E-state index contributed by atoms with van der Waals surface area (Å²) >= 11 is 0. The monoisotopic (exact) mass is 465 g/mol. The summed E-state index contributed by atoms with van der Waals surface area (Å²) in [6.45, 7) is 4.06. The molecule has 0 aliphatic heterocycles. The highest BCUT2D eigenvalue weighted by Gasteiger charge is 2.22. The highest BCUT2D eigenvalue weighted by molar-refractivity contribution is 7.92. The zero-order valence-corrected chi connectivity index (χ0v) is 18.3. The molecule has 0 fully saturated rings. The van der Waals surface area contributed by atoms with E-state index < -0.39 is 32.5 Å². The normalized spacial score (nSPS) is 11.4. The van der Waals surface area contributed by atoms with Crippen molar-refractivity contribution in [1.82, 2.24) is 5.16 Å². The minimum Gasteiger partial charge on any atom is -0.478 e. The second-order valence-electron chi connectivity index (χ2n) is 7.19. The Hall–Kier alpha value is -3.47. The second-order valence-corrected chi connectivity index (χ2v) is 8.84. The number of anilines is 2. The van der Waals surface area contributed by atoms with Crippen LogP contribution in [0.15, 0.2) is 45.8 Å². The molecule has 1 aromatic heterocycles. The van der Waals surface area contributed by atoms with Crippen molar-refractivity contribution in [2.75, 3.05) is 23.2 Å². The van der Waals surface area contributed by atoms with Gasteiger partial charge in [0, 0.05) is 24.8 Å². The van der Waals surface area contributed by atoms with Crippen LogP contribution in [-0.2, 0) is 16.4 Å². The maximum Gasteiger partial charge on any atom is 0.337 e. The number of hydrogen-bond donors (Lipinski definition) is 2. The fourth-order valence-electron chi connectivity index (χ4n) is 3.26. The smallest absolute Gasteiger partial charge is 0.337 e. The van der Waals surface area contributed by atoms with Gasteiger partial charge in [0.1, 0.15) is 22.3 Å². The molecule has 0 spiro atoms. The van der Waals surface area contributed by atoms with Crippen LogP contribution in [0, 0.1) is 25.5 Å². The minimum absolute atomic E-state index is 0.103. The molecule has 0 amide bonds. The summed E-state index contributed by atoms with van der Waals surface area (Å²) in [5.74, 6) is -2.65. The van der Waals surface area contributed by atoms with Crippen molar-refractivity contribution in [3.05, 3.63) is 70.6 Å². The predicted octanol–water partition coefficient (Wildman–Crippen LogP) is 3.75. The first kappa shape index (κ1) is 23.2. The van der Waals surface area contributed by atoms with E-state index in [4.69, 9.17) is 4.52 Å². The Morgan fingerprint density at radius 2 is 1.91 bits per heavy atom. The number of halogens is 2. The van der Waals surface area contributed by atoms with Crippen molar-refractivity contribution in [2.24, 2.45) is 0 Å². The Balaban J connectivity index is 1.85. The molecule has 3 rings (SSSR count). The van der Waals surface area contributed by atoms with Crippen LogP contribution >= 0.6 is 0 Å². The van der Waals surface area contributed by atoms with Gasteiger partial charge in [0.15, 0.2) is 0 Å².